The number of ether oxygens (including phenoxy) is 12. The molecule has 10 aliphatic rings. The molecule has 10 aliphatic heterocycles. The van der Waals surface area contributed by atoms with Crippen molar-refractivity contribution in [3.05, 3.63) is 0 Å². The predicted molar refractivity (Wildman–Crippen MR) is 292 cm³/mol. The van der Waals surface area contributed by atoms with Crippen molar-refractivity contribution in [2.45, 2.75) is 122 Å². The molecule has 36 heteroatoms. The Morgan fingerprint density at radius 2 is 0.761 bits per heavy atom. The fraction of sp³-hybridized carbons (Fsp3) is 0.923. The van der Waals surface area contributed by atoms with Gasteiger partial charge in [-0.2, -0.15) is 0 Å². The molecule has 10 heterocycles. The van der Waals surface area contributed by atoms with Crippen molar-refractivity contribution in [3.63, 3.8) is 0 Å². The van der Waals surface area contributed by atoms with Crippen LogP contribution in [0.15, 0.2) is 0 Å². The summed E-state index contributed by atoms with van der Waals surface area (Å²) in [5.41, 5.74) is 0. The van der Waals surface area contributed by atoms with Gasteiger partial charge in [-0.15, -0.1) is 0 Å². The van der Waals surface area contributed by atoms with E-state index in [1.54, 1.807) is 0 Å². The molecule has 0 saturated carbocycles. The fourth-order valence-corrected chi connectivity index (χ4v) is 11.2. The molecule has 88 heavy (non-hydrogen) atoms. The number of urea groups is 2. The van der Waals surface area contributed by atoms with Crippen LogP contribution in [0.2, 0.25) is 0 Å². The first-order chi connectivity index (χ1) is 42.4. The third-order valence-electron chi connectivity index (χ3n) is 16.2. The van der Waals surface area contributed by atoms with Gasteiger partial charge in [-0.25, -0.2) is 9.59 Å². The van der Waals surface area contributed by atoms with Crippen LogP contribution in [0.1, 0.15) is 0 Å². The van der Waals surface area contributed by atoms with Crippen LogP contribution in [0.25, 0.3) is 0 Å². The largest absolute Gasteiger partial charge is 0.394 e. The number of carbonyl (C=O) groups excluding carboxylic acids is 4. The first-order valence-corrected chi connectivity index (χ1v) is 29.9. The molecule has 10 rings (SSSR count). The van der Waals surface area contributed by atoms with E-state index in [2.05, 4.69) is 31.9 Å². The lowest BCUT2D eigenvalue weighted by molar-refractivity contribution is -0.286. The van der Waals surface area contributed by atoms with Crippen LogP contribution in [0.3, 0.4) is 0 Å². The second-order valence-electron chi connectivity index (χ2n) is 22.1. The van der Waals surface area contributed by atoms with E-state index in [1.165, 1.54) is 9.80 Å². The minimum absolute atomic E-state index is 0.0108. The van der Waals surface area contributed by atoms with E-state index in [0.717, 1.165) is 0 Å². The van der Waals surface area contributed by atoms with Crippen LogP contribution in [0.4, 0.5) is 9.59 Å². The van der Waals surface area contributed by atoms with Gasteiger partial charge in [0.05, 0.1) is 142 Å². The molecule has 0 spiro atoms. The molecular weight excluding hydrogens is 1180 g/mol. The second kappa shape index (κ2) is 36.6. The molecule has 18 N–H and O–H groups in total. The van der Waals surface area contributed by atoms with E-state index in [-0.39, 0.29) is 145 Å². The minimum atomic E-state index is -1.95. The predicted octanol–water partition coefficient (Wildman–Crippen LogP) is -11.9. The maximum absolute atomic E-state index is 13.9. The number of nitrogens with one attached hydrogen (secondary N) is 6. The summed E-state index contributed by atoms with van der Waals surface area (Å²) in [5.74, 6) is -4.58. The smallest absolute Gasteiger partial charge is 0.319 e. The summed E-state index contributed by atoms with van der Waals surface area (Å²) in [7, 11) is 0. The number of carbonyl (C=O) groups is 4. The zero-order valence-corrected chi connectivity index (χ0v) is 48.9. The molecule has 6 amide bonds. The summed E-state index contributed by atoms with van der Waals surface area (Å²) in [4.78, 5) is 58.0. The zero-order chi connectivity index (χ0) is 63.3. The standard InChI is InChI=1S/C52H92N8O28/c61-25-31-33-37(65)43(71)49(87-31)57-48(74)30-22-54-2-8-78-13-15-79-9-3-59(4-10-81-18-20-84-30)51(75)56-24-28-36(64)40(68)42(70)46(86-28)34-32(26-62)88-50(44(72)38(34)66)58-52(76)60-5-11-80-16-14-77-7-1-53-21-29(83-19-17-82-12-6-60)47(73)55-23-27-35(63)39(67)41(69)45(33)85-27/h27-46,49-50,53-54,61-72H,1-26H2,(H,55,73)(H,56,75)(H,57,74)(H,58,76)/t27-,28-,29?,30?,31-,32-,33-,34-,35-,36-,37+,38+,39+,40+,41-,42-,43-,44-,45+,46+,49-,50-/m1/s1. The van der Waals surface area contributed by atoms with Crippen molar-refractivity contribution >= 4 is 23.9 Å². The molecule has 2 unspecified atom stereocenters. The van der Waals surface area contributed by atoms with Gasteiger partial charge in [-0.1, -0.05) is 0 Å². The van der Waals surface area contributed by atoms with Crippen LogP contribution in [-0.2, 0) is 66.4 Å². The van der Waals surface area contributed by atoms with Gasteiger partial charge in [-0.05, 0) is 0 Å². The van der Waals surface area contributed by atoms with Gasteiger partial charge in [0.15, 0.2) is 12.5 Å². The van der Waals surface area contributed by atoms with Gasteiger partial charge in [0.1, 0.15) is 73.2 Å². The molecular formula is C52H92N8O28. The van der Waals surface area contributed by atoms with Crippen molar-refractivity contribution in [1.29, 1.82) is 0 Å². The Kier molecular flexibility index (Phi) is 29.9. The highest BCUT2D eigenvalue weighted by Gasteiger charge is 2.57. The van der Waals surface area contributed by atoms with E-state index in [0.29, 0.717) is 0 Å². The van der Waals surface area contributed by atoms with Gasteiger partial charge in [0.25, 0.3) is 11.8 Å². The highest BCUT2D eigenvalue weighted by Crippen LogP contribution is 2.37. The van der Waals surface area contributed by atoms with Gasteiger partial charge >= 0.3 is 12.1 Å². The normalized spacial score (nSPS) is 41.3. The van der Waals surface area contributed by atoms with Crippen molar-refractivity contribution in [1.82, 2.24) is 41.7 Å². The van der Waals surface area contributed by atoms with Crippen molar-refractivity contribution < 1.29 is 137 Å². The maximum Gasteiger partial charge on any atom is 0.319 e. The van der Waals surface area contributed by atoms with E-state index >= 15 is 0 Å². The summed E-state index contributed by atoms with van der Waals surface area (Å²) in [5, 5.41) is 151. The Morgan fingerprint density at radius 1 is 0.375 bits per heavy atom. The molecule has 0 aliphatic carbocycles. The van der Waals surface area contributed by atoms with Crippen LogP contribution in [-0.4, -0.2) is 388 Å². The zero-order valence-electron chi connectivity index (χ0n) is 48.9. The third kappa shape index (κ3) is 19.7. The average Bonchev–Trinajstić information content (AvgIpc) is 1.55. The molecule has 0 aromatic heterocycles. The van der Waals surface area contributed by atoms with Crippen molar-refractivity contribution in [3.8, 4) is 0 Å². The SMILES string of the molecule is O=C1NC[C@H]2O[C@H]([C@H](O)[C@@H](O)[C@@H]2O)[C@H]2[C@H](O)[C@@H](O)[C@H](NC(=O)C3CNCCOCCOCCN(CCOCCO3)C(=O)NC[C@H]3O[C@H]([C@H](O)[C@@H](O)[C@@H]3O)[C@H]3[C@H](O)[C@@H](O)[C@H](NC(=O)N4CCOCCOCCNCC1OCCOCC4)O[C@@H]3CO)O[C@@H]2CO. The fourth-order valence-electron chi connectivity index (χ4n) is 11.2. The Labute approximate surface area is 507 Å². The number of hydrogen-bond acceptors (Lipinski definition) is 30. The van der Waals surface area contributed by atoms with E-state index in [9.17, 15) is 80.5 Å². The quantitative estimate of drug-likeness (QED) is 0.122. The first-order valence-electron chi connectivity index (χ1n) is 29.9. The second-order valence-corrected chi connectivity index (χ2v) is 22.1. The number of amides is 6. The number of nitrogens with zero attached hydrogens (tertiary/aromatic N) is 2. The first kappa shape index (κ1) is 71.9. The summed E-state index contributed by atoms with van der Waals surface area (Å²) in [6.07, 6.45) is -34.2. The summed E-state index contributed by atoms with van der Waals surface area (Å²) in [6, 6.07) is -1.54. The number of aliphatic hydroxyl groups is 12. The monoisotopic (exact) mass is 1280 g/mol. The molecule has 508 valence electrons. The Morgan fingerprint density at radius 3 is 1.20 bits per heavy atom. The lowest BCUT2D eigenvalue weighted by atomic mass is 9.78. The number of rotatable bonds is 2. The third-order valence-corrected chi connectivity index (χ3v) is 16.2. The van der Waals surface area contributed by atoms with Crippen molar-refractivity contribution in [2.24, 2.45) is 11.8 Å². The van der Waals surface area contributed by atoms with Gasteiger partial charge in [0.2, 0.25) is 0 Å². The number of aliphatic hydroxyl groups excluding tert-OH is 12. The van der Waals surface area contributed by atoms with Gasteiger partial charge < -0.3 is 160 Å². The van der Waals surface area contributed by atoms with Crippen LogP contribution < -0.4 is 31.9 Å². The molecule has 0 aromatic carbocycles. The average molecular weight is 1280 g/mol. The Bertz CT molecular complexity index is 1950. The van der Waals surface area contributed by atoms with Gasteiger partial charge in [-0.3, -0.25) is 9.59 Å². The molecule has 10 fully saturated rings. The molecule has 22 atom stereocenters. The minimum Gasteiger partial charge on any atom is -0.394 e. The van der Waals surface area contributed by atoms with E-state index in [1.807, 2.05) is 0 Å². The molecule has 0 aromatic rings. The highest BCUT2D eigenvalue weighted by molar-refractivity contribution is 5.81. The lowest BCUT2D eigenvalue weighted by Gasteiger charge is -2.50. The Hall–Kier alpha value is -3.56. The topological polar surface area (TPSA) is 500 Å². The van der Waals surface area contributed by atoms with Crippen molar-refractivity contribution in [2.75, 3.05) is 171 Å². The van der Waals surface area contributed by atoms with Crippen LogP contribution >= 0.6 is 0 Å². The summed E-state index contributed by atoms with van der Waals surface area (Å²) >= 11 is 0. The highest BCUT2D eigenvalue weighted by atomic mass is 16.6. The van der Waals surface area contributed by atoms with Gasteiger partial charge in [0, 0.05) is 77.3 Å². The van der Waals surface area contributed by atoms with Crippen LogP contribution in [0, 0.1) is 11.8 Å². The maximum atomic E-state index is 13.9. The summed E-state index contributed by atoms with van der Waals surface area (Å²) in [6.45, 7) is -2.55. The molecule has 10 saturated heterocycles. The molecule has 36 nitrogen and oxygen atoms in total. The van der Waals surface area contributed by atoms with Crippen LogP contribution in [0.5, 0.6) is 0 Å². The molecule has 12 bridgehead atoms. The molecule has 0 radical (unpaired) electrons. The Balaban J connectivity index is 1.11. The van der Waals surface area contributed by atoms with E-state index < -0.39 is 184 Å². The lowest BCUT2D eigenvalue weighted by Crippen LogP contribution is -2.69. The van der Waals surface area contributed by atoms with E-state index in [4.69, 9.17) is 56.8 Å². The number of hydrogen-bond donors (Lipinski definition) is 18. The summed E-state index contributed by atoms with van der Waals surface area (Å²) < 4.78 is 70.1.